The van der Waals surface area contributed by atoms with Crippen LogP contribution in [-0.2, 0) is 13.3 Å². The first-order valence-corrected chi connectivity index (χ1v) is 11.8. The predicted molar refractivity (Wildman–Crippen MR) is 91.1 cm³/mol. The molecule has 0 atom stereocenters. The highest BCUT2D eigenvalue weighted by atomic mass is 28.4. The van der Waals surface area contributed by atoms with Crippen molar-refractivity contribution in [2.75, 3.05) is 19.8 Å². The van der Waals surface area contributed by atoms with Gasteiger partial charge in [0.2, 0.25) is 0 Å². The zero-order valence-electron chi connectivity index (χ0n) is 19.2. The molecule has 0 unspecified atom stereocenters. The Balaban J connectivity index is 6.99. The molecule has 0 aromatic carbocycles. The van der Waals surface area contributed by atoms with E-state index in [9.17, 15) is 83.4 Å². The Morgan fingerprint density at radius 3 is 0.846 bits per heavy atom. The first-order valence-electron chi connectivity index (χ1n) is 9.90. The highest BCUT2D eigenvalue weighted by Gasteiger charge is 2.96. The maximum atomic E-state index is 14.3. The van der Waals surface area contributed by atoms with Crippen molar-refractivity contribution in [3.63, 3.8) is 0 Å². The first-order chi connectivity index (χ1) is 16.9. The predicted octanol–water partition coefficient (Wildman–Crippen LogP) is 7.68. The summed E-state index contributed by atoms with van der Waals surface area (Å²) < 4.78 is 269. The molecule has 0 spiro atoms. The third-order valence-electron chi connectivity index (χ3n) is 4.71. The average Bonchev–Trinajstić information content (AvgIpc) is 2.72. The molecule has 0 aliphatic heterocycles. The van der Waals surface area contributed by atoms with Crippen molar-refractivity contribution in [2.45, 2.75) is 80.4 Å². The normalized spacial score (nSPS) is 16.2. The Labute approximate surface area is 206 Å². The summed E-state index contributed by atoms with van der Waals surface area (Å²) in [6.07, 6.45) is -7.92. The van der Waals surface area contributed by atoms with Crippen molar-refractivity contribution < 1.29 is 96.7 Å². The number of halogens is 19. The molecule has 0 fully saturated rings. The van der Waals surface area contributed by atoms with Gasteiger partial charge in [-0.1, -0.05) is 0 Å². The van der Waals surface area contributed by atoms with Gasteiger partial charge in [0.25, 0.3) is 0 Å². The fourth-order valence-corrected chi connectivity index (χ4v) is 5.36. The molecule has 0 rings (SSSR count). The fourth-order valence-electron chi connectivity index (χ4n) is 2.71. The van der Waals surface area contributed by atoms with Crippen molar-refractivity contribution in [3.8, 4) is 0 Å². The molecule has 0 saturated heterocycles. The highest BCUT2D eigenvalue weighted by Crippen LogP contribution is 2.65. The monoisotopic (exact) mass is 646 g/mol. The molecule has 0 N–H and O–H groups in total. The molecule has 0 heterocycles. The van der Waals surface area contributed by atoms with E-state index in [0.717, 1.165) is 20.8 Å². The van der Waals surface area contributed by atoms with E-state index in [4.69, 9.17) is 0 Å². The van der Waals surface area contributed by atoms with Gasteiger partial charge >= 0.3 is 62.4 Å². The average molecular weight is 646 g/mol. The second kappa shape index (κ2) is 10.9. The number of alkyl halides is 19. The van der Waals surface area contributed by atoms with Gasteiger partial charge in [0.15, 0.2) is 0 Å². The summed E-state index contributed by atoms with van der Waals surface area (Å²) in [5, 5.41) is 0. The molecule has 0 bridgehead atoms. The second-order valence-corrected chi connectivity index (χ2v) is 9.97. The summed E-state index contributed by atoms with van der Waals surface area (Å²) in [4.78, 5) is 0. The van der Waals surface area contributed by atoms with Crippen LogP contribution < -0.4 is 0 Å². The zero-order chi connectivity index (χ0) is 31.9. The molecular weight excluding hydrogens is 629 g/mol. The van der Waals surface area contributed by atoms with E-state index in [1.807, 2.05) is 0 Å². The van der Waals surface area contributed by atoms with Crippen LogP contribution in [0.4, 0.5) is 83.4 Å². The van der Waals surface area contributed by atoms with E-state index in [1.165, 1.54) is 0 Å². The summed E-state index contributed by atoms with van der Waals surface area (Å²) >= 11 is 0. The van der Waals surface area contributed by atoms with Crippen LogP contribution in [0.15, 0.2) is 0 Å². The molecule has 0 amide bonds. The van der Waals surface area contributed by atoms with Crippen LogP contribution in [0.5, 0.6) is 0 Å². The van der Waals surface area contributed by atoms with Gasteiger partial charge in [0.05, 0.1) is 6.04 Å². The Bertz CT molecular complexity index is 809. The minimum atomic E-state index is -8.96. The van der Waals surface area contributed by atoms with E-state index >= 15 is 0 Å². The first kappa shape index (κ1) is 37.8. The van der Waals surface area contributed by atoms with Crippen LogP contribution >= 0.6 is 0 Å². The second-order valence-electron chi connectivity index (χ2n) is 7.38. The molecule has 0 saturated carbocycles. The van der Waals surface area contributed by atoms with Crippen molar-refractivity contribution in [2.24, 2.45) is 0 Å². The van der Waals surface area contributed by atoms with Crippen molar-refractivity contribution in [1.29, 1.82) is 0 Å². The third kappa shape index (κ3) is 5.64. The minimum Gasteiger partial charge on any atom is -0.374 e. The summed E-state index contributed by atoms with van der Waals surface area (Å²) in [5.41, 5.74) is 0. The lowest BCUT2D eigenvalue weighted by molar-refractivity contribution is -0.468. The summed E-state index contributed by atoms with van der Waals surface area (Å²) in [7, 11) is -5.32. The Kier molecular flexibility index (Phi) is 10.5. The lowest BCUT2D eigenvalue weighted by atomic mass is 9.87. The van der Waals surface area contributed by atoms with E-state index in [2.05, 4.69) is 13.3 Å². The quantitative estimate of drug-likeness (QED) is 0.135. The van der Waals surface area contributed by atoms with E-state index in [0.29, 0.717) is 0 Å². The summed E-state index contributed by atoms with van der Waals surface area (Å²) in [6.45, 7) is 0.558. The van der Waals surface area contributed by atoms with E-state index in [1.54, 1.807) is 0 Å². The smallest absolute Gasteiger partial charge is 0.374 e. The lowest BCUT2D eigenvalue weighted by Crippen LogP contribution is -2.76. The molecule has 236 valence electrons. The van der Waals surface area contributed by atoms with Crippen LogP contribution in [0.2, 0.25) is 6.04 Å². The van der Waals surface area contributed by atoms with Gasteiger partial charge in [-0.3, -0.25) is 0 Å². The molecule has 0 aromatic heterocycles. The molecule has 39 heavy (non-hydrogen) atoms. The van der Waals surface area contributed by atoms with Crippen LogP contribution in [0.3, 0.4) is 0 Å². The largest absolute Gasteiger partial charge is 0.507 e. The molecule has 23 heteroatoms. The van der Waals surface area contributed by atoms with Gasteiger partial charge in [-0.25, -0.2) is 0 Å². The van der Waals surface area contributed by atoms with E-state index in [-0.39, 0.29) is 0 Å². The van der Waals surface area contributed by atoms with Gasteiger partial charge in [-0.2, -0.15) is 83.4 Å². The van der Waals surface area contributed by atoms with Crippen molar-refractivity contribution in [3.05, 3.63) is 0 Å². The zero-order valence-corrected chi connectivity index (χ0v) is 20.2. The van der Waals surface area contributed by atoms with Crippen LogP contribution in [0.1, 0.15) is 20.8 Å². The summed E-state index contributed by atoms with van der Waals surface area (Å²) in [6, 6.07) is -2.95. The minimum absolute atomic E-state index is 0.771. The number of rotatable bonds is 15. The van der Waals surface area contributed by atoms with Gasteiger partial charge in [-0.15, -0.1) is 0 Å². The van der Waals surface area contributed by atoms with Crippen LogP contribution in [0, 0.1) is 0 Å². The topological polar surface area (TPSA) is 27.7 Å². The molecule has 0 aromatic rings. The van der Waals surface area contributed by atoms with E-state index < -0.39 is 88.2 Å². The number of hydrogen-bond acceptors (Lipinski definition) is 3. The molecular formula is C16H17F19O3Si. The fraction of sp³-hybridized carbons (Fsp3) is 1.00. The maximum Gasteiger partial charge on any atom is 0.507 e. The van der Waals surface area contributed by atoms with Gasteiger partial charge < -0.3 is 13.3 Å². The van der Waals surface area contributed by atoms with Crippen LogP contribution in [-0.4, -0.2) is 82.2 Å². The van der Waals surface area contributed by atoms with Gasteiger partial charge in [0.1, 0.15) is 0 Å². The SMILES string of the molecule is CCO[Si](CC(F)(F)C(F)(F)C(F)(F)C(F)(F)C(F)(F)C(F)(F)C(F)(F)C(F)(F)C(F)(F)F)(OCC)OCC. The molecule has 0 aliphatic carbocycles. The highest BCUT2D eigenvalue weighted by molar-refractivity contribution is 6.61. The summed E-state index contributed by atoms with van der Waals surface area (Å²) in [5.74, 6) is -67.1. The Morgan fingerprint density at radius 1 is 0.385 bits per heavy atom. The standard InChI is InChI=1S/C16H17F19O3Si/c1-4-36-39(37-5-2,38-6-3)7-8(17,18)9(19,20)10(21,22)11(23,24)12(25,26)13(27,28)14(29,30)15(31,32)16(33,34)35/h4-7H2,1-3H3. The third-order valence-corrected chi connectivity index (χ3v) is 7.78. The van der Waals surface area contributed by atoms with Gasteiger partial charge in [-0.05, 0) is 20.8 Å². The Morgan fingerprint density at radius 2 is 0.615 bits per heavy atom. The number of hydrogen-bond donors (Lipinski definition) is 0. The molecule has 0 radical (unpaired) electrons. The Hall–Kier alpha value is -1.23. The molecule has 3 nitrogen and oxygen atoms in total. The van der Waals surface area contributed by atoms with Gasteiger partial charge in [0, 0.05) is 19.8 Å². The lowest BCUT2D eigenvalue weighted by Gasteiger charge is -2.44. The molecule has 0 aliphatic rings. The maximum absolute atomic E-state index is 14.3. The van der Waals surface area contributed by atoms with Crippen molar-refractivity contribution in [1.82, 2.24) is 0 Å². The van der Waals surface area contributed by atoms with Crippen LogP contribution in [0.25, 0.3) is 0 Å². The van der Waals surface area contributed by atoms with Crippen molar-refractivity contribution >= 4 is 8.80 Å².